The molecular weight excluding hydrogens is 230 g/mol. The molecule has 0 saturated carbocycles. The highest BCUT2D eigenvalue weighted by atomic mass is 32.1. The van der Waals surface area contributed by atoms with E-state index in [0.29, 0.717) is 0 Å². The summed E-state index contributed by atoms with van der Waals surface area (Å²) in [5.74, 6) is 0. The van der Waals surface area contributed by atoms with Gasteiger partial charge in [0.2, 0.25) is 0 Å². The van der Waals surface area contributed by atoms with Crippen molar-refractivity contribution in [1.82, 2.24) is 9.88 Å². The van der Waals surface area contributed by atoms with Crippen molar-refractivity contribution in [3.8, 4) is 0 Å². The summed E-state index contributed by atoms with van der Waals surface area (Å²) < 4.78 is 0. The van der Waals surface area contributed by atoms with E-state index < -0.39 is 0 Å². The number of likely N-dealkylation sites (N-methyl/N-ethyl adjacent to an activating group) is 1. The van der Waals surface area contributed by atoms with Crippen molar-refractivity contribution < 1.29 is 0 Å². The Morgan fingerprint density at radius 1 is 1.41 bits per heavy atom. The van der Waals surface area contributed by atoms with Crippen molar-refractivity contribution in [2.45, 2.75) is 12.6 Å². The molecular formula is C13H17N3S. The van der Waals surface area contributed by atoms with Crippen LogP contribution in [0.1, 0.15) is 16.5 Å². The fourth-order valence-electron chi connectivity index (χ4n) is 1.80. The van der Waals surface area contributed by atoms with Crippen molar-refractivity contribution in [3.05, 3.63) is 52.5 Å². The molecule has 0 aliphatic heterocycles. The van der Waals surface area contributed by atoms with E-state index in [4.69, 9.17) is 5.73 Å². The topological polar surface area (TPSA) is 42.2 Å². The molecule has 2 rings (SSSR count). The van der Waals surface area contributed by atoms with Crippen LogP contribution in [0, 0.1) is 0 Å². The van der Waals surface area contributed by atoms with Crippen molar-refractivity contribution in [2.75, 3.05) is 13.6 Å². The van der Waals surface area contributed by atoms with E-state index >= 15 is 0 Å². The van der Waals surface area contributed by atoms with Gasteiger partial charge in [-0.1, -0.05) is 12.1 Å². The smallest absolute Gasteiger partial charge is 0.0519 e. The van der Waals surface area contributed by atoms with Crippen molar-refractivity contribution in [3.63, 3.8) is 0 Å². The molecule has 0 aliphatic rings. The fraction of sp³-hybridized carbons (Fsp3) is 0.308. The first-order valence-corrected chi connectivity index (χ1v) is 6.50. The molecule has 2 N–H and O–H groups in total. The van der Waals surface area contributed by atoms with E-state index in [1.54, 1.807) is 17.5 Å². The molecule has 2 aromatic heterocycles. The van der Waals surface area contributed by atoms with Gasteiger partial charge in [-0.3, -0.25) is 4.98 Å². The monoisotopic (exact) mass is 247 g/mol. The summed E-state index contributed by atoms with van der Waals surface area (Å²) in [5, 5.41) is 2.07. The van der Waals surface area contributed by atoms with Crippen LogP contribution in [-0.4, -0.2) is 23.5 Å². The summed E-state index contributed by atoms with van der Waals surface area (Å²) in [7, 11) is 2.08. The Morgan fingerprint density at radius 2 is 2.29 bits per heavy atom. The lowest BCUT2D eigenvalue weighted by Crippen LogP contribution is -2.28. The van der Waals surface area contributed by atoms with Gasteiger partial charge < -0.3 is 10.6 Å². The molecule has 0 spiro atoms. The minimum absolute atomic E-state index is 0.0941. The highest BCUT2D eigenvalue weighted by Crippen LogP contribution is 2.17. The Balaban J connectivity index is 1.87. The standard InChI is InChI=1S/C13H17N3S/c1-16(9-11-4-2-6-15-8-11)10-12(14)13-5-3-7-17-13/h2-8,12H,9-10,14H2,1H3. The summed E-state index contributed by atoms with van der Waals surface area (Å²) in [6, 6.07) is 8.27. The van der Waals surface area contributed by atoms with E-state index in [2.05, 4.69) is 34.4 Å². The van der Waals surface area contributed by atoms with Gasteiger partial charge in [0.15, 0.2) is 0 Å². The van der Waals surface area contributed by atoms with Crippen LogP contribution >= 0.6 is 11.3 Å². The van der Waals surface area contributed by atoms with Crippen LogP contribution in [0.5, 0.6) is 0 Å². The summed E-state index contributed by atoms with van der Waals surface area (Å²) in [4.78, 5) is 7.57. The lowest BCUT2D eigenvalue weighted by atomic mass is 10.2. The third-order valence-corrected chi connectivity index (χ3v) is 3.60. The number of hydrogen-bond acceptors (Lipinski definition) is 4. The summed E-state index contributed by atoms with van der Waals surface area (Å²) in [6.07, 6.45) is 3.69. The predicted molar refractivity (Wildman–Crippen MR) is 71.8 cm³/mol. The van der Waals surface area contributed by atoms with Crippen molar-refractivity contribution in [1.29, 1.82) is 0 Å². The lowest BCUT2D eigenvalue weighted by Gasteiger charge is -2.20. The molecule has 0 radical (unpaired) electrons. The zero-order valence-corrected chi connectivity index (χ0v) is 10.7. The molecule has 0 amide bonds. The highest BCUT2D eigenvalue weighted by Gasteiger charge is 2.10. The number of thiophene rings is 1. The number of nitrogens with zero attached hydrogens (tertiary/aromatic N) is 2. The molecule has 0 aliphatic carbocycles. The quantitative estimate of drug-likeness (QED) is 0.881. The predicted octanol–water partition coefficient (Wildman–Crippen LogP) is 2.27. The maximum absolute atomic E-state index is 6.15. The molecule has 0 bridgehead atoms. The maximum Gasteiger partial charge on any atom is 0.0519 e. The Kier molecular flexibility index (Phi) is 4.25. The van der Waals surface area contributed by atoms with Gasteiger partial charge in [0.25, 0.3) is 0 Å². The Morgan fingerprint density at radius 3 is 2.94 bits per heavy atom. The van der Waals surface area contributed by atoms with Crippen LogP contribution in [0.25, 0.3) is 0 Å². The Hall–Kier alpha value is -1.23. The molecule has 2 aromatic rings. The van der Waals surface area contributed by atoms with E-state index in [9.17, 15) is 0 Å². The second-order valence-electron chi connectivity index (χ2n) is 4.18. The van der Waals surface area contributed by atoms with E-state index in [0.717, 1.165) is 13.1 Å². The van der Waals surface area contributed by atoms with Gasteiger partial charge in [-0.2, -0.15) is 0 Å². The molecule has 0 saturated heterocycles. The van der Waals surface area contributed by atoms with Gasteiger partial charge in [0.1, 0.15) is 0 Å². The summed E-state index contributed by atoms with van der Waals surface area (Å²) in [5.41, 5.74) is 7.36. The number of hydrogen-bond donors (Lipinski definition) is 1. The lowest BCUT2D eigenvalue weighted by molar-refractivity contribution is 0.306. The molecule has 17 heavy (non-hydrogen) atoms. The molecule has 3 nitrogen and oxygen atoms in total. The van der Waals surface area contributed by atoms with E-state index in [-0.39, 0.29) is 6.04 Å². The third kappa shape index (κ3) is 3.63. The van der Waals surface area contributed by atoms with Crippen molar-refractivity contribution >= 4 is 11.3 Å². The first-order valence-electron chi connectivity index (χ1n) is 5.62. The molecule has 1 unspecified atom stereocenters. The van der Waals surface area contributed by atoms with Crippen LogP contribution in [0.4, 0.5) is 0 Å². The maximum atomic E-state index is 6.15. The van der Waals surface area contributed by atoms with E-state index in [1.807, 2.05) is 18.3 Å². The van der Waals surface area contributed by atoms with Crippen LogP contribution in [0.3, 0.4) is 0 Å². The Bertz CT molecular complexity index is 427. The SMILES string of the molecule is CN(Cc1cccnc1)CC(N)c1cccs1. The van der Waals surface area contributed by atoms with Gasteiger partial charge in [0, 0.05) is 30.4 Å². The summed E-state index contributed by atoms with van der Waals surface area (Å²) >= 11 is 1.72. The van der Waals surface area contributed by atoms with Crippen LogP contribution in [0.15, 0.2) is 42.0 Å². The highest BCUT2D eigenvalue weighted by molar-refractivity contribution is 7.10. The van der Waals surface area contributed by atoms with Gasteiger partial charge in [-0.15, -0.1) is 11.3 Å². The van der Waals surface area contributed by atoms with Crippen LogP contribution in [-0.2, 0) is 6.54 Å². The second kappa shape index (κ2) is 5.91. The van der Waals surface area contributed by atoms with Gasteiger partial charge in [0.05, 0.1) is 6.04 Å². The molecule has 2 heterocycles. The zero-order chi connectivity index (χ0) is 12.1. The van der Waals surface area contributed by atoms with Gasteiger partial charge >= 0.3 is 0 Å². The fourth-order valence-corrected chi connectivity index (χ4v) is 2.52. The largest absolute Gasteiger partial charge is 0.322 e. The zero-order valence-electron chi connectivity index (χ0n) is 9.91. The first kappa shape index (κ1) is 12.2. The minimum Gasteiger partial charge on any atom is -0.322 e. The molecule has 4 heteroatoms. The van der Waals surface area contributed by atoms with Gasteiger partial charge in [-0.25, -0.2) is 0 Å². The molecule has 0 fully saturated rings. The average Bonchev–Trinajstić information content (AvgIpc) is 2.83. The molecule has 90 valence electrons. The normalized spacial score (nSPS) is 12.9. The van der Waals surface area contributed by atoms with Crippen LogP contribution < -0.4 is 5.73 Å². The first-order chi connectivity index (χ1) is 8.25. The van der Waals surface area contributed by atoms with Gasteiger partial charge in [-0.05, 0) is 30.1 Å². The van der Waals surface area contributed by atoms with E-state index in [1.165, 1.54) is 10.4 Å². The third-order valence-electron chi connectivity index (χ3n) is 2.59. The molecule has 0 aromatic carbocycles. The van der Waals surface area contributed by atoms with Crippen LogP contribution in [0.2, 0.25) is 0 Å². The molecule has 1 atom stereocenters. The number of aromatic nitrogens is 1. The number of nitrogens with two attached hydrogens (primary N) is 1. The number of rotatable bonds is 5. The minimum atomic E-state index is 0.0941. The summed E-state index contributed by atoms with van der Waals surface area (Å²) in [6.45, 7) is 1.74. The Labute approximate surface area is 106 Å². The van der Waals surface area contributed by atoms with Crippen molar-refractivity contribution in [2.24, 2.45) is 5.73 Å². The second-order valence-corrected chi connectivity index (χ2v) is 5.16. The average molecular weight is 247 g/mol. The number of pyridine rings is 1.